The smallest absolute Gasteiger partial charge is 0.254 e. The van der Waals surface area contributed by atoms with Crippen molar-refractivity contribution >= 4 is 5.91 Å². The van der Waals surface area contributed by atoms with Gasteiger partial charge in [-0.1, -0.05) is 18.2 Å². The van der Waals surface area contributed by atoms with Crippen LogP contribution in [-0.4, -0.2) is 60.6 Å². The third kappa shape index (κ3) is 3.45. The molecule has 2 fully saturated rings. The molecule has 1 atom stereocenters. The highest BCUT2D eigenvalue weighted by Crippen LogP contribution is 2.54. The molecule has 0 radical (unpaired) electrons. The van der Waals surface area contributed by atoms with Crippen LogP contribution in [0.4, 0.5) is 0 Å². The summed E-state index contributed by atoms with van der Waals surface area (Å²) in [5.41, 5.74) is 3.46. The van der Waals surface area contributed by atoms with E-state index < -0.39 is 0 Å². The molecule has 2 aromatic rings. The molecular weight excluding hydrogens is 350 g/mol. The van der Waals surface area contributed by atoms with Crippen molar-refractivity contribution in [3.63, 3.8) is 0 Å². The van der Waals surface area contributed by atoms with Crippen molar-refractivity contribution in [2.75, 3.05) is 39.9 Å². The van der Waals surface area contributed by atoms with E-state index in [1.54, 1.807) is 7.11 Å². The maximum Gasteiger partial charge on any atom is 0.254 e. The van der Waals surface area contributed by atoms with Gasteiger partial charge >= 0.3 is 0 Å². The average Bonchev–Trinajstić information content (AvgIpc) is 2.72. The number of aromatic nitrogens is 1. The zero-order valence-electron chi connectivity index (χ0n) is 16.8. The number of rotatable bonds is 5. The van der Waals surface area contributed by atoms with E-state index in [-0.39, 0.29) is 11.3 Å². The van der Waals surface area contributed by atoms with Gasteiger partial charge in [-0.05, 0) is 49.1 Å². The quantitative estimate of drug-likeness (QED) is 0.800. The van der Waals surface area contributed by atoms with E-state index in [1.807, 2.05) is 48.5 Å². The summed E-state index contributed by atoms with van der Waals surface area (Å²) in [4.78, 5) is 21.7. The third-order valence-electron chi connectivity index (χ3n) is 6.49. The maximum atomic E-state index is 13.0. The molecule has 5 nitrogen and oxygen atoms in total. The number of hydrogen-bond donors (Lipinski definition) is 0. The van der Waals surface area contributed by atoms with Crippen LogP contribution in [-0.2, 0) is 4.74 Å². The first-order chi connectivity index (χ1) is 13.6. The van der Waals surface area contributed by atoms with Crippen LogP contribution in [0.25, 0.3) is 0 Å². The maximum absolute atomic E-state index is 13.0. The SMILES string of the molecule is COCCN1CC2(CCN(C(=O)c3ccccc3C)CC2)C1c1ccncc1. The number of aryl methyl sites for hydroxylation is 1. The predicted molar refractivity (Wildman–Crippen MR) is 109 cm³/mol. The Balaban J connectivity index is 1.48. The number of ether oxygens (including phenoxy) is 1. The number of nitrogens with zero attached hydrogens (tertiary/aromatic N) is 3. The molecule has 1 spiro atoms. The molecule has 2 aliphatic rings. The molecule has 0 N–H and O–H groups in total. The minimum absolute atomic E-state index is 0.170. The summed E-state index contributed by atoms with van der Waals surface area (Å²) in [6.07, 6.45) is 5.85. The van der Waals surface area contributed by atoms with Crippen LogP contribution < -0.4 is 0 Å². The van der Waals surface area contributed by atoms with Crippen LogP contribution in [0, 0.1) is 12.3 Å². The molecule has 3 heterocycles. The second-order valence-corrected chi connectivity index (χ2v) is 8.12. The van der Waals surface area contributed by atoms with Gasteiger partial charge < -0.3 is 9.64 Å². The molecule has 2 saturated heterocycles. The fourth-order valence-corrected chi connectivity index (χ4v) is 4.95. The largest absolute Gasteiger partial charge is 0.383 e. The van der Waals surface area contributed by atoms with Gasteiger partial charge in [-0.3, -0.25) is 14.7 Å². The van der Waals surface area contributed by atoms with Gasteiger partial charge in [0.15, 0.2) is 0 Å². The Morgan fingerprint density at radius 1 is 1.18 bits per heavy atom. The van der Waals surface area contributed by atoms with Crippen LogP contribution in [0.15, 0.2) is 48.8 Å². The van der Waals surface area contributed by atoms with E-state index in [1.165, 1.54) is 5.56 Å². The first-order valence-electron chi connectivity index (χ1n) is 10.1. The van der Waals surface area contributed by atoms with Crippen molar-refractivity contribution in [3.8, 4) is 0 Å². The second kappa shape index (κ2) is 8.02. The highest BCUT2D eigenvalue weighted by Gasteiger charge is 2.53. The molecular formula is C23H29N3O2. The standard InChI is InChI=1S/C23H29N3O2/c1-18-5-3-4-6-20(18)22(27)25-13-9-23(10-14-25)17-26(15-16-28-2)21(23)19-7-11-24-12-8-19/h3-8,11-12,21H,9-10,13-17H2,1-2H3. The Kier molecular flexibility index (Phi) is 5.47. The van der Waals surface area contributed by atoms with E-state index in [0.29, 0.717) is 6.04 Å². The Labute approximate surface area is 167 Å². The normalized spacial score (nSPS) is 21.5. The molecule has 148 valence electrons. The summed E-state index contributed by atoms with van der Waals surface area (Å²) in [6, 6.07) is 12.5. The summed E-state index contributed by atoms with van der Waals surface area (Å²) in [5.74, 6) is 0.170. The van der Waals surface area contributed by atoms with Gasteiger partial charge in [-0.15, -0.1) is 0 Å². The minimum Gasteiger partial charge on any atom is -0.383 e. The van der Waals surface area contributed by atoms with Crippen LogP contribution in [0.3, 0.4) is 0 Å². The molecule has 0 bridgehead atoms. The average molecular weight is 380 g/mol. The number of carbonyl (C=O) groups excluding carboxylic acids is 1. The highest BCUT2D eigenvalue weighted by molar-refractivity contribution is 5.95. The minimum atomic E-state index is 0.170. The predicted octanol–water partition coefficient (Wildman–Crippen LogP) is 3.32. The Morgan fingerprint density at radius 3 is 2.57 bits per heavy atom. The molecule has 0 aliphatic carbocycles. The molecule has 0 saturated carbocycles. The summed E-state index contributed by atoms with van der Waals surface area (Å²) in [6.45, 7) is 6.43. The molecule has 1 amide bonds. The van der Waals surface area contributed by atoms with Crippen LogP contribution in [0.5, 0.6) is 0 Å². The lowest BCUT2D eigenvalue weighted by atomic mass is 9.63. The van der Waals surface area contributed by atoms with Crippen molar-refractivity contribution in [1.29, 1.82) is 0 Å². The molecule has 1 aromatic carbocycles. The van der Waals surface area contributed by atoms with Gasteiger partial charge in [0, 0.05) is 62.7 Å². The lowest BCUT2D eigenvalue weighted by molar-refractivity contribution is -0.114. The number of carbonyl (C=O) groups is 1. The summed E-state index contributed by atoms with van der Waals surface area (Å²) < 4.78 is 5.31. The van der Waals surface area contributed by atoms with E-state index >= 15 is 0 Å². The van der Waals surface area contributed by atoms with Gasteiger partial charge in [0.1, 0.15) is 0 Å². The highest BCUT2D eigenvalue weighted by atomic mass is 16.5. The van der Waals surface area contributed by atoms with Gasteiger partial charge in [0.25, 0.3) is 5.91 Å². The second-order valence-electron chi connectivity index (χ2n) is 8.12. The van der Waals surface area contributed by atoms with Gasteiger partial charge in [-0.2, -0.15) is 0 Å². The number of hydrogen-bond acceptors (Lipinski definition) is 4. The number of amides is 1. The van der Waals surface area contributed by atoms with Gasteiger partial charge in [0.05, 0.1) is 6.61 Å². The number of piperidine rings is 1. The lowest BCUT2D eigenvalue weighted by Crippen LogP contribution is -2.63. The zero-order chi connectivity index (χ0) is 19.6. The lowest BCUT2D eigenvalue weighted by Gasteiger charge is -2.60. The molecule has 28 heavy (non-hydrogen) atoms. The molecule has 4 rings (SSSR count). The number of likely N-dealkylation sites (tertiary alicyclic amines) is 2. The fraction of sp³-hybridized carbons (Fsp3) is 0.478. The van der Waals surface area contributed by atoms with Crippen LogP contribution in [0.2, 0.25) is 0 Å². The van der Waals surface area contributed by atoms with Crippen molar-refractivity contribution in [3.05, 3.63) is 65.5 Å². The first kappa shape index (κ1) is 19.1. The van der Waals surface area contributed by atoms with Crippen LogP contribution >= 0.6 is 0 Å². The summed E-state index contributed by atoms with van der Waals surface area (Å²) >= 11 is 0. The van der Waals surface area contributed by atoms with Crippen LogP contribution in [0.1, 0.15) is 40.4 Å². The van der Waals surface area contributed by atoms with E-state index in [2.05, 4.69) is 22.0 Å². The summed E-state index contributed by atoms with van der Waals surface area (Å²) in [7, 11) is 1.76. The van der Waals surface area contributed by atoms with Gasteiger partial charge in [-0.25, -0.2) is 0 Å². The Hall–Kier alpha value is -2.24. The zero-order valence-corrected chi connectivity index (χ0v) is 16.8. The molecule has 1 aromatic heterocycles. The number of benzene rings is 1. The fourth-order valence-electron chi connectivity index (χ4n) is 4.95. The number of methoxy groups -OCH3 is 1. The topological polar surface area (TPSA) is 45.7 Å². The molecule has 2 aliphatic heterocycles. The molecule has 5 heteroatoms. The van der Waals surface area contributed by atoms with E-state index in [0.717, 1.165) is 56.8 Å². The van der Waals surface area contributed by atoms with Gasteiger partial charge in [0.2, 0.25) is 0 Å². The molecule has 1 unspecified atom stereocenters. The first-order valence-corrected chi connectivity index (χ1v) is 10.1. The monoisotopic (exact) mass is 379 g/mol. The van der Waals surface area contributed by atoms with Crippen molar-refractivity contribution in [2.24, 2.45) is 5.41 Å². The van der Waals surface area contributed by atoms with E-state index in [9.17, 15) is 4.79 Å². The van der Waals surface area contributed by atoms with Crippen molar-refractivity contribution in [1.82, 2.24) is 14.8 Å². The Morgan fingerprint density at radius 2 is 1.89 bits per heavy atom. The van der Waals surface area contributed by atoms with Crippen molar-refractivity contribution in [2.45, 2.75) is 25.8 Å². The van der Waals surface area contributed by atoms with Crippen molar-refractivity contribution < 1.29 is 9.53 Å². The number of pyridine rings is 1. The summed E-state index contributed by atoms with van der Waals surface area (Å²) in [5, 5.41) is 0. The van der Waals surface area contributed by atoms with E-state index in [4.69, 9.17) is 4.74 Å². The third-order valence-corrected chi connectivity index (χ3v) is 6.49. The Bertz CT molecular complexity index is 816.